The van der Waals surface area contributed by atoms with Gasteiger partial charge in [0.15, 0.2) is 6.61 Å². The third kappa shape index (κ3) is 4.40. The minimum atomic E-state index is -4.40. The van der Waals surface area contributed by atoms with E-state index in [1.165, 1.54) is 18.3 Å². The first-order valence-electron chi connectivity index (χ1n) is 6.40. The predicted octanol–water partition coefficient (Wildman–Crippen LogP) is 2.70. The highest BCUT2D eigenvalue weighted by atomic mass is 19.4. The van der Waals surface area contributed by atoms with Crippen LogP contribution in [0.4, 0.5) is 13.2 Å². The molecule has 2 rings (SSSR count). The van der Waals surface area contributed by atoms with Crippen molar-refractivity contribution in [3.05, 3.63) is 23.9 Å². The maximum Gasteiger partial charge on any atom is 0.422 e. The number of aromatic nitrogens is 1. The Morgan fingerprint density at radius 3 is 2.60 bits per heavy atom. The van der Waals surface area contributed by atoms with Crippen molar-refractivity contribution in [2.45, 2.75) is 37.9 Å². The van der Waals surface area contributed by atoms with E-state index < -0.39 is 12.8 Å². The first-order valence-corrected chi connectivity index (χ1v) is 6.40. The Kier molecular flexibility index (Phi) is 4.46. The fraction of sp³-hybridized carbons (Fsp3) is 0.538. The number of carbonyl (C=O) groups excluding carboxylic acids is 1. The minimum Gasteiger partial charge on any atom is -0.468 e. The smallest absolute Gasteiger partial charge is 0.422 e. The SMILES string of the molecule is O=C(NC1CCCC1)c1ccc(OCC(F)(F)F)nc1. The molecular weight excluding hydrogens is 273 g/mol. The van der Waals surface area contributed by atoms with Crippen molar-refractivity contribution in [1.29, 1.82) is 0 Å². The summed E-state index contributed by atoms with van der Waals surface area (Å²) in [5, 5.41) is 2.87. The molecule has 1 aromatic rings. The summed E-state index contributed by atoms with van der Waals surface area (Å²) in [5.41, 5.74) is 0.316. The average Bonchev–Trinajstić information content (AvgIpc) is 2.89. The zero-order valence-corrected chi connectivity index (χ0v) is 10.7. The molecule has 0 spiro atoms. The predicted molar refractivity (Wildman–Crippen MR) is 65.5 cm³/mol. The number of nitrogens with zero attached hydrogens (tertiary/aromatic N) is 1. The van der Waals surface area contributed by atoms with Crippen LogP contribution in [0.2, 0.25) is 0 Å². The molecule has 1 amide bonds. The van der Waals surface area contributed by atoms with E-state index in [4.69, 9.17) is 0 Å². The maximum atomic E-state index is 12.0. The van der Waals surface area contributed by atoms with Crippen LogP contribution < -0.4 is 10.1 Å². The van der Waals surface area contributed by atoms with Crippen LogP contribution in [0.25, 0.3) is 0 Å². The summed E-state index contributed by atoms with van der Waals surface area (Å²) in [6.45, 7) is -1.40. The number of alkyl halides is 3. The monoisotopic (exact) mass is 288 g/mol. The first-order chi connectivity index (χ1) is 9.44. The Morgan fingerprint density at radius 1 is 1.35 bits per heavy atom. The van der Waals surface area contributed by atoms with Gasteiger partial charge in [0.25, 0.3) is 5.91 Å². The minimum absolute atomic E-state index is 0.153. The number of rotatable bonds is 4. The molecule has 1 heterocycles. The number of pyridine rings is 1. The molecule has 1 saturated carbocycles. The van der Waals surface area contributed by atoms with Gasteiger partial charge in [-0.15, -0.1) is 0 Å². The van der Waals surface area contributed by atoms with Gasteiger partial charge in [0.1, 0.15) is 0 Å². The van der Waals surface area contributed by atoms with Gasteiger partial charge >= 0.3 is 6.18 Å². The van der Waals surface area contributed by atoms with E-state index in [1.54, 1.807) is 0 Å². The lowest BCUT2D eigenvalue weighted by molar-refractivity contribution is -0.154. The van der Waals surface area contributed by atoms with Gasteiger partial charge < -0.3 is 10.1 Å². The number of hydrogen-bond acceptors (Lipinski definition) is 3. The van der Waals surface area contributed by atoms with Crippen LogP contribution in [0.5, 0.6) is 5.88 Å². The zero-order chi connectivity index (χ0) is 14.6. The summed E-state index contributed by atoms with van der Waals surface area (Å²) in [4.78, 5) is 15.6. The normalized spacial score (nSPS) is 16.1. The van der Waals surface area contributed by atoms with Crippen molar-refractivity contribution in [2.24, 2.45) is 0 Å². The van der Waals surface area contributed by atoms with E-state index in [0.29, 0.717) is 5.56 Å². The molecule has 1 aliphatic rings. The zero-order valence-electron chi connectivity index (χ0n) is 10.7. The van der Waals surface area contributed by atoms with E-state index >= 15 is 0 Å². The number of carbonyl (C=O) groups is 1. The molecule has 1 aliphatic carbocycles. The van der Waals surface area contributed by atoms with Crippen LogP contribution in [0.15, 0.2) is 18.3 Å². The number of amides is 1. The van der Waals surface area contributed by atoms with Crippen molar-refractivity contribution >= 4 is 5.91 Å². The second-order valence-electron chi connectivity index (χ2n) is 4.74. The van der Waals surface area contributed by atoms with Gasteiger partial charge in [-0.05, 0) is 18.9 Å². The van der Waals surface area contributed by atoms with Crippen LogP contribution in [-0.2, 0) is 0 Å². The molecule has 20 heavy (non-hydrogen) atoms. The fourth-order valence-corrected chi connectivity index (χ4v) is 2.09. The van der Waals surface area contributed by atoms with Crippen molar-refractivity contribution < 1.29 is 22.7 Å². The van der Waals surface area contributed by atoms with Gasteiger partial charge in [-0.25, -0.2) is 4.98 Å². The highest BCUT2D eigenvalue weighted by Crippen LogP contribution is 2.19. The molecule has 110 valence electrons. The van der Waals surface area contributed by atoms with Gasteiger partial charge in [-0.3, -0.25) is 4.79 Å². The van der Waals surface area contributed by atoms with Gasteiger partial charge in [-0.1, -0.05) is 12.8 Å². The molecule has 0 unspecified atom stereocenters. The lowest BCUT2D eigenvalue weighted by Crippen LogP contribution is -2.32. The van der Waals surface area contributed by atoms with E-state index in [0.717, 1.165) is 25.7 Å². The third-order valence-corrected chi connectivity index (χ3v) is 3.07. The number of ether oxygens (including phenoxy) is 1. The van der Waals surface area contributed by atoms with Gasteiger partial charge in [0.05, 0.1) is 5.56 Å². The van der Waals surface area contributed by atoms with Gasteiger partial charge in [0.2, 0.25) is 5.88 Å². The average molecular weight is 288 g/mol. The summed E-state index contributed by atoms with van der Waals surface area (Å²) in [6.07, 6.45) is 0.953. The van der Waals surface area contributed by atoms with Crippen molar-refractivity contribution in [3.8, 4) is 5.88 Å². The summed E-state index contributed by atoms with van der Waals surface area (Å²) in [6, 6.07) is 2.85. The Hall–Kier alpha value is -1.79. The Morgan fingerprint density at radius 2 is 2.05 bits per heavy atom. The lowest BCUT2D eigenvalue weighted by Gasteiger charge is -2.12. The molecule has 0 saturated heterocycles. The molecule has 0 aromatic carbocycles. The molecule has 0 bridgehead atoms. The molecule has 4 nitrogen and oxygen atoms in total. The molecule has 1 aromatic heterocycles. The Bertz CT molecular complexity index is 454. The summed E-state index contributed by atoms with van der Waals surface area (Å²) >= 11 is 0. The van der Waals surface area contributed by atoms with Crippen LogP contribution in [-0.4, -0.2) is 29.7 Å². The second-order valence-corrected chi connectivity index (χ2v) is 4.74. The highest BCUT2D eigenvalue weighted by Gasteiger charge is 2.28. The van der Waals surface area contributed by atoms with Gasteiger partial charge in [-0.2, -0.15) is 13.2 Å². The third-order valence-electron chi connectivity index (χ3n) is 3.07. The summed E-state index contributed by atoms with van der Waals surface area (Å²) in [5.74, 6) is -0.411. The van der Waals surface area contributed by atoms with Crippen molar-refractivity contribution in [2.75, 3.05) is 6.61 Å². The van der Waals surface area contributed by atoms with Crippen molar-refractivity contribution in [3.63, 3.8) is 0 Å². The van der Waals surface area contributed by atoms with E-state index in [9.17, 15) is 18.0 Å². The molecule has 7 heteroatoms. The van der Waals surface area contributed by atoms with Gasteiger partial charge in [0, 0.05) is 18.3 Å². The first kappa shape index (κ1) is 14.6. The fourth-order valence-electron chi connectivity index (χ4n) is 2.09. The molecular formula is C13H15F3N2O2. The van der Waals surface area contributed by atoms with E-state index in [1.807, 2.05) is 0 Å². The Balaban J connectivity index is 1.88. The van der Waals surface area contributed by atoms with E-state index in [2.05, 4.69) is 15.0 Å². The lowest BCUT2D eigenvalue weighted by atomic mass is 10.2. The standard InChI is InChI=1S/C13H15F3N2O2/c14-13(15,16)8-20-11-6-5-9(7-17-11)12(19)18-10-3-1-2-4-10/h5-7,10H,1-4,8H2,(H,18,19). The highest BCUT2D eigenvalue weighted by molar-refractivity contribution is 5.94. The number of hydrogen-bond donors (Lipinski definition) is 1. The molecule has 0 radical (unpaired) electrons. The molecule has 0 aliphatic heterocycles. The number of nitrogens with one attached hydrogen (secondary N) is 1. The Labute approximate surface area is 114 Å². The summed E-state index contributed by atoms with van der Waals surface area (Å²) < 4.78 is 40.3. The van der Waals surface area contributed by atoms with Crippen molar-refractivity contribution in [1.82, 2.24) is 10.3 Å². The quantitative estimate of drug-likeness (QED) is 0.926. The van der Waals surface area contributed by atoms with Crippen LogP contribution in [0.3, 0.4) is 0 Å². The topological polar surface area (TPSA) is 51.2 Å². The number of halogens is 3. The van der Waals surface area contributed by atoms with Crippen LogP contribution in [0.1, 0.15) is 36.0 Å². The molecule has 0 atom stereocenters. The maximum absolute atomic E-state index is 12.0. The summed E-state index contributed by atoms with van der Waals surface area (Å²) in [7, 11) is 0. The van der Waals surface area contributed by atoms with Crippen LogP contribution in [0, 0.1) is 0 Å². The van der Waals surface area contributed by atoms with E-state index in [-0.39, 0.29) is 17.8 Å². The second kappa shape index (κ2) is 6.11. The largest absolute Gasteiger partial charge is 0.468 e. The molecule has 1 N–H and O–H groups in total. The van der Waals surface area contributed by atoms with Crippen LogP contribution >= 0.6 is 0 Å². The molecule has 1 fully saturated rings.